The highest BCUT2D eigenvalue weighted by atomic mass is 19.1. The minimum absolute atomic E-state index is 0.141. The molecule has 3 rings (SSSR count). The molecule has 2 aromatic carbocycles. The predicted octanol–water partition coefficient (Wildman–Crippen LogP) is 3.75. The van der Waals surface area contributed by atoms with Gasteiger partial charge in [0.25, 0.3) is 0 Å². The Bertz CT molecular complexity index is 675. The Hall–Kier alpha value is -2.23. The highest BCUT2D eigenvalue weighted by molar-refractivity contribution is 5.83. The summed E-state index contributed by atoms with van der Waals surface area (Å²) in [5, 5.41) is 9.28. The van der Waals surface area contributed by atoms with Gasteiger partial charge in [-0.1, -0.05) is 24.3 Å². The largest absolute Gasteiger partial charge is 0.481 e. The van der Waals surface area contributed by atoms with Crippen LogP contribution in [-0.2, 0) is 11.2 Å². The van der Waals surface area contributed by atoms with Crippen molar-refractivity contribution >= 4 is 5.97 Å². The van der Waals surface area contributed by atoms with Gasteiger partial charge in [-0.3, -0.25) is 4.79 Å². The molecule has 2 aromatic rings. The monoisotopic (exact) mass is 274 g/mol. The van der Waals surface area contributed by atoms with E-state index in [1.165, 1.54) is 18.2 Å². The van der Waals surface area contributed by atoms with Gasteiger partial charge in [0.1, 0.15) is 11.6 Å². The molecule has 1 N–H and O–H groups in total. The minimum atomic E-state index is -0.951. The molecule has 1 unspecified atom stereocenters. The number of hydrogen-bond acceptors (Lipinski definition) is 1. The first-order valence-electron chi connectivity index (χ1n) is 6.38. The molecule has 0 heterocycles. The van der Waals surface area contributed by atoms with E-state index in [9.17, 15) is 18.7 Å². The minimum Gasteiger partial charge on any atom is -0.481 e. The number of carboxylic acid groups (broad SMARTS) is 1. The number of carbonyl (C=O) groups is 1. The van der Waals surface area contributed by atoms with Gasteiger partial charge in [0.15, 0.2) is 0 Å². The first-order chi connectivity index (χ1) is 9.59. The van der Waals surface area contributed by atoms with Crippen molar-refractivity contribution in [1.82, 2.24) is 0 Å². The maximum atomic E-state index is 13.9. The third kappa shape index (κ3) is 1.88. The zero-order valence-corrected chi connectivity index (χ0v) is 10.6. The van der Waals surface area contributed by atoms with Gasteiger partial charge in [-0.15, -0.1) is 0 Å². The van der Waals surface area contributed by atoms with Crippen molar-refractivity contribution in [1.29, 1.82) is 0 Å². The summed E-state index contributed by atoms with van der Waals surface area (Å²) in [5.41, 5.74) is 1.61. The third-order valence-electron chi connectivity index (χ3n) is 3.78. The van der Waals surface area contributed by atoms with Crippen molar-refractivity contribution < 1.29 is 18.7 Å². The van der Waals surface area contributed by atoms with Gasteiger partial charge in [-0.05, 0) is 41.7 Å². The number of rotatable bonds is 2. The Morgan fingerprint density at radius 2 is 1.75 bits per heavy atom. The van der Waals surface area contributed by atoms with E-state index < -0.39 is 23.5 Å². The fraction of sp³-hybridized carbons (Fsp3) is 0.188. The molecule has 1 atom stereocenters. The molecule has 0 aromatic heterocycles. The van der Waals surface area contributed by atoms with E-state index in [1.807, 2.05) is 6.07 Å². The fourth-order valence-corrected chi connectivity index (χ4v) is 2.91. The zero-order chi connectivity index (χ0) is 14.3. The Labute approximate surface area is 114 Å². The third-order valence-corrected chi connectivity index (χ3v) is 3.78. The summed E-state index contributed by atoms with van der Waals surface area (Å²) in [6.07, 6.45) is 1.09. The van der Waals surface area contributed by atoms with Crippen molar-refractivity contribution in [2.45, 2.75) is 18.8 Å². The van der Waals surface area contributed by atoms with Crippen LogP contribution >= 0.6 is 0 Å². The van der Waals surface area contributed by atoms with E-state index in [1.54, 1.807) is 12.1 Å². The van der Waals surface area contributed by atoms with Gasteiger partial charge in [0, 0.05) is 0 Å². The average Bonchev–Trinajstić information content (AvgIpc) is 2.83. The van der Waals surface area contributed by atoms with Crippen LogP contribution in [0.2, 0.25) is 0 Å². The molecule has 0 fully saturated rings. The van der Waals surface area contributed by atoms with E-state index in [-0.39, 0.29) is 5.56 Å². The standard InChI is InChI=1S/C16H12F2O2/c17-12-5-2-6-13(18)15(12)10-4-1-3-9-7-8-11(14(9)10)16(19)20/h1-6,11H,7-8H2,(H,19,20). The molecule has 0 radical (unpaired) electrons. The average molecular weight is 274 g/mol. The number of benzene rings is 2. The number of aliphatic carboxylic acids is 1. The molecule has 0 aliphatic heterocycles. The van der Waals surface area contributed by atoms with Crippen LogP contribution in [0.4, 0.5) is 8.78 Å². The number of halogens is 2. The molecule has 0 amide bonds. The quantitative estimate of drug-likeness (QED) is 0.905. The molecule has 0 bridgehead atoms. The summed E-state index contributed by atoms with van der Waals surface area (Å²) in [6.45, 7) is 0. The SMILES string of the molecule is O=C(O)C1CCc2cccc(-c3c(F)cccc3F)c21. The number of hydrogen-bond donors (Lipinski definition) is 1. The number of carboxylic acids is 1. The van der Waals surface area contributed by atoms with Crippen molar-refractivity contribution in [2.24, 2.45) is 0 Å². The van der Waals surface area contributed by atoms with E-state index in [2.05, 4.69) is 0 Å². The van der Waals surface area contributed by atoms with Crippen LogP contribution in [0.25, 0.3) is 11.1 Å². The normalized spacial score (nSPS) is 17.0. The van der Waals surface area contributed by atoms with Crippen molar-refractivity contribution in [3.8, 4) is 11.1 Å². The van der Waals surface area contributed by atoms with E-state index >= 15 is 0 Å². The van der Waals surface area contributed by atoms with Crippen LogP contribution in [0.15, 0.2) is 36.4 Å². The lowest BCUT2D eigenvalue weighted by atomic mass is 9.91. The highest BCUT2D eigenvalue weighted by Crippen LogP contribution is 2.41. The second-order valence-electron chi connectivity index (χ2n) is 4.90. The first-order valence-corrected chi connectivity index (χ1v) is 6.38. The molecule has 20 heavy (non-hydrogen) atoms. The first kappa shape index (κ1) is 12.8. The Kier molecular flexibility index (Phi) is 3.01. The lowest BCUT2D eigenvalue weighted by Gasteiger charge is -2.14. The molecule has 2 nitrogen and oxygen atoms in total. The van der Waals surface area contributed by atoms with Gasteiger partial charge in [-0.2, -0.15) is 0 Å². The van der Waals surface area contributed by atoms with Crippen LogP contribution in [0.1, 0.15) is 23.5 Å². The summed E-state index contributed by atoms with van der Waals surface area (Å²) in [4.78, 5) is 11.3. The fourth-order valence-electron chi connectivity index (χ4n) is 2.91. The summed E-state index contributed by atoms with van der Waals surface area (Å²) in [7, 11) is 0. The Balaban J connectivity index is 2.27. The van der Waals surface area contributed by atoms with Crippen LogP contribution < -0.4 is 0 Å². The molecule has 1 aliphatic rings. The molecule has 0 saturated carbocycles. The van der Waals surface area contributed by atoms with Gasteiger partial charge >= 0.3 is 5.97 Å². The summed E-state index contributed by atoms with van der Waals surface area (Å²) < 4.78 is 27.9. The van der Waals surface area contributed by atoms with Gasteiger partial charge < -0.3 is 5.11 Å². The van der Waals surface area contributed by atoms with Gasteiger partial charge in [-0.25, -0.2) is 8.78 Å². The van der Waals surface area contributed by atoms with Crippen molar-refractivity contribution in [3.05, 3.63) is 59.2 Å². The lowest BCUT2D eigenvalue weighted by Crippen LogP contribution is -2.09. The summed E-state index contributed by atoms with van der Waals surface area (Å²) in [5.74, 6) is -2.99. The smallest absolute Gasteiger partial charge is 0.311 e. The van der Waals surface area contributed by atoms with E-state index in [0.29, 0.717) is 24.0 Å². The second-order valence-corrected chi connectivity index (χ2v) is 4.90. The predicted molar refractivity (Wildman–Crippen MR) is 70.5 cm³/mol. The number of fused-ring (bicyclic) bond motifs is 1. The maximum Gasteiger partial charge on any atom is 0.311 e. The molecular weight excluding hydrogens is 262 g/mol. The molecule has 1 aliphatic carbocycles. The van der Waals surface area contributed by atoms with E-state index in [4.69, 9.17) is 0 Å². The van der Waals surface area contributed by atoms with Gasteiger partial charge in [0.05, 0.1) is 11.5 Å². The Morgan fingerprint density at radius 1 is 1.10 bits per heavy atom. The second kappa shape index (κ2) is 4.71. The molecular formula is C16H12F2O2. The molecule has 4 heteroatoms. The van der Waals surface area contributed by atoms with Gasteiger partial charge in [0.2, 0.25) is 0 Å². The van der Waals surface area contributed by atoms with Crippen LogP contribution in [0.3, 0.4) is 0 Å². The summed E-state index contributed by atoms with van der Waals surface area (Å²) in [6, 6.07) is 8.78. The van der Waals surface area contributed by atoms with E-state index in [0.717, 1.165) is 5.56 Å². The molecule has 102 valence electrons. The number of aryl methyl sites for hydroxylation is 1. The lowest BCUT2D eigenvalue weighted by molar-refractivity contribution is -0.138. The highest BCUT2D eigenvalue weighted by Gasteiger charge is 2.32. The van der Waals surface area contributed by atoms with Crippen molar-refractivity contribution in [2.75, 3.05) is 0 Å². The topological polar surface area (TPSA) is 37.3 Å². The van der Waals surface area contributed by atoms with Crippen LogP contribution in [-0.4, -0.2) is 11.1 Å². The van der Waals surface area contributed by atoms with Crippen LogP contribution in [0.5, 0.6) is 0 Å². The van der Waals surface area contributed by atoms with Crippen LogP contribution in [0, 0.1) is 11.6 Å². The molecule has 0 saturated heterocycles. The maximum absolute atomic E-state index is 13.9. The molecule has 0 spiro atoms. The zero-order valence-electron chi connectivity index (χ0n) is 10.6. The van der Waals surface area contributed by atoms with Crippen molar-refractivity contribution in [3.63, 3.8) is 0 Å². The Morgan fingerprint density at radius 3 is 2.40 bits per heavy atom. The summed E-state index contributed by atoms with van der Waals surface area (Å²) >= 11 is 0.